The van der Waals surface area contributed by atoms with Crippen LogP contribution in [0.3, 0.4) is 0 Å². The van der Waals surface area contributed by atoms with Crippen molar-refractivity contribution in [2.24, 2.45) is 11.1 Å². The molecule has 0 bridgehead atoms. The average molecular weight is 356 g/mol. The first-order valence-corrected chi connectivity index (χ1v) is 8.89. The molecule has 3 heterocycles. The highest BCUT2D eigenvalue weighted by Crippen LogP contribution is 2.47. The summed E-state index contributed by atoms with van der Waals surface area (Å²) in [6, 6.07) is 1.88. The third-order valence-corrected chi connectivity index (χ3v) is 6.03. The van der Waals surface area contributed by atoms with Crippen LogP contribution in [0.1, 0.15) is 30.0 Å². The molecule has 0 aromatic carbocycles. The number of nitrogens with zero attached hydrogens (tertiary/aromatic N) is 3. The molecule has 1 spiro atoms. The minimum Gasteiger partial charge on any atom is -0.355 e. The van der Waals surface area contributed by atoms with Gasteiger partial charge in [-0.05, 0) is 32.3 Å². The van der Waals surface area contributed by atoms with E-state index in [9.17, 15) is 13.2 Å². The number of halogens is 3. The molecule has 4 rings (SSSR count). The quantitative estimate of drug-likeness (QED) is 0.896. The van der Waals surface area contributed by atoms with Gasteiger partial charge in [-0.2, -0.15) is 13.2 Å². The van der Waals surface area contributed by atoms with Gasteiger partial charge in [0.15, 0.2) is 0 Å². The fourth-order valence-corrected chi connectivity index (χ4v) is 5.14. The molecule has 1 atom stereocenters. The number of rotatable bonds is 2. The van der Waals surface area contributed by atoms with Crippen LogP contribution in [0.2, 0.25) is 0 Å². The Hall–Kier alpha value is -1.41. The molecule has 2 fully saturated rings. The van der Waals surface area contributed by atoms with Crippen molar-refractivity contribution in [2.75, 3.05) is 18.0 Å². The summed E-state index contributed by atoms with van der Waals surface area (Å²) in [5.74, 6) is 1.37. The number of nitrogens with two attached hydrogens (primary N) is 1. The molecule has 0 amide bonds. The zero-order chi connectivity index (χ0) is 17.1. The molecule has 1 saturated carbocycles. The van der Waals surface area contributed by atoms with Gasteiger partial charge in [0.25, 0.3) is 0 Å². The molecular formula is C16H19F3N4S. The van der Waals surface area contributed by atoms with Crippen LogP contribution in [0, 0.1) is 12.3 Å². The molecule has 8 heteroatoms. The molecule has 1 aliphatic heterocycles. The zero-order valence-corrected chi connectivity index (χ0v) is 14.2. The lowest BCUT2D eigenvalue weighted by Gasteiger charge is -2.49. The molecule has 2 aliphatic rings. The Labute approximate surface area is 141 Å². The first-order chi connectivity index (χ1) is 11.2. The Morgan fingerprint density at radius 2 is 2.12 bits per heavy atom. The number of hydrogen-bond donors (Lipinski definition) is 1. The minimum atomic E-state index is -4.20. The molecule has 1 unspecified atom stereocenters. The molecule has 2 aromatic rings. The van der Waals surface area contributed by atoms with Gasteiger partial charge in [-0.1, -0.05) is 0 Å². The van der Waals surface area contributed by atoms with Crippen molar-refractivity contribution in [3.8, 4) is 0 Å². The van der Waals surface area contributed by atoms with E-state index in [-0.39, 0.29) is 16.3 Å². The van der Waals surface area contributed by atoms with E-state index in [1.807, 2.05) is 0 Å². The van der Waals surface area contributed by atoms with Crippen molar-refractivity contribution in [1.29, 1.82) is 0 Å². The molecule has 2 N–H and O–H groups in total. The summed E-state index contributed by atoms with van der Waals surface area (Å²) in [6.07, 6.45) is -1.91. The predicted molar refractivity (Wildman–Crippen MR) is 88.4 cm³/mol. The van der Waals surface area contributed by atoms with Crippen LogP contribution < -0.4 is 10.6 Å². The first-order valence-electron chi connectivity index (χ1n) is 8.07. The van der Waals surface area contributed by atoms with Gasteiger partial charge in [0.2, 0.25) is 0 Å². The van der Waals surface area contributed by atoms with Crippen LogP contribution in [0.25, 0.3) is 10.2 Å². The standard InChI is InChI=1S/C16H19F3N4S/c1-9-21-13(23-7-15(8-23)3-2-10(20)5-15)12-4-11(6-16(17,18)19)24-14(12)22-9/h4,10H,2-3,5-8,20H2,1H3. The van der Waals surface area contributed by atoms with Crippen molar-refractivity contribution in [2.45, 2.75) is 44.8 Å². The molecule has 4 nitrogen and oxygen atoms in total. The maximum atomic E-state index is 12.7. The number of fused-ring (bicyclic) bond motifs is 1. The van der Waals surface area contributed by atoms with E-state index < -0.39 is 12.6 Å². The Kier molecular flexibility index (Phi) is 3.55. The van der Waals surface area contributed by atoms with E-state index in [1.54, 1.807) is 13.0 Å². The van der Waals surface area contributed by atoms with Crippen molar-refractivity contribution in [3.05, 3.63) is 16.8 Å². The van der Waals surface area contributed by atoms with Gasteiger partial charge in [0, 0.05) is 29.4 Å². The second kappa shape index (κ2) is 5.29. The Morgan fingerprint density at radius 1 is 1.38 bits per heavy atom. The average Bonchev–Trinajstić information content (AvgIpc) is 2.97. The van der Waals surface area contributed by atoms with Crippen molar-refractivity contribution in [3.63, 3.8) is 0 Å². The molecular weight excluding hydrogens is 337 g/mol. The highest BCUT2D eigenvalue weighted by atomic mass is 32.1. The third kappa shape index (κ3) is 2.86. The fourth-order valence-electron chi connectivity index (χ4n) is 4.04. The van der Waals surface area contributed by atoms with Crippen LogP contribution in [-0.4, -0.2) is 35.3 Å². The topological polar surface area (TPSA) is 55.0 Å². The third-order valence-electron chi connectivity index (χ3n) is 5.00. The van der Waals surface area contributed by atoms with Crippen LogP contribution >= 0.6 is 11.3 Å². The molecule has 130 valence electrons. The summed E-state index contributed by atoms with van der Waals surface area (Å²) in [5.41, 5.74) is 6.30. The first kappa shape index (κ1) is 16.1. The van der Waals surface area contributed by atoms with Crippen molar-refractivity contribution in [1.82, 2.24) is 9.97 Å². The molecule has 1 aliphatic carbocycles. The van der Waals surface area contributed by atoms with E-state index in [4.69, 9.17) is 5.73 Å². The van der Waals surface area contributed by atoms with Gasteiger partial charge < -0.3 is 10.6 Å². The maximum absolute atomic E-state index is 12.7. The number of alkyl halides is 3. The number of hydrogen-bond acceptors (Lipinski definition) is 5. The fraction of sp³-hybridized carbons (Fsp3) is 0.625. The summed E-state index contributed by atoms with van der Waals surface area (Å²) in [4.78, 5) is 11.9. The second-order valence-electron chi connectivity index (χ2n) is 7.18. The summed E-state index contributed by atoms with van der Waals surface area (Å²) in [7, 11) is 0. The largest absolute Gasteiger partial charge is 0.393 e. The van der Waals surface area contributed by atoms with Gasteiger partial charge in [0.1, 0.15) is 16.5 Å². The SMILES string of the molecule is Cc1nc(N2CC3(CCC(N)C3)C2)c2cc(CC(F)(F)F)sc2n1. The smallest absolute Gasteiger partial charge is 0.355 e. The van der Waals surface area contributed by atoms with Gasteiger partial charge in [0.05, 0.1) is 11.8 Å². The van der Waals surface area contributed by atoms with Gasteiger partial charge >= 0.3 is 6.18 Å². The van der Waals surface area contributed by atoms with Crippen LogP contribution in [0.4, 0.5) is 19.0 Å². The zero-order valence-electron chi connectivity index (χ0n) is 13.4. The van der Waals surface area contributed by atoms with E-state index >= 15 is 0 Å². The monoisotopic (exact) mass is 356 g/mol. The van der Waals surface area contributed by atoms with E-state index in [1.165, 1.54) is 0 Å². The highest BCUT2D eigenvalue weighted by Gasteiger charge is 2.48. The van der Waals surface area contributed by atoms with E-state index in [0.29, 0.717) is 10.7 Å². The maximum Gasteiger partial charge on any atom is 0.393 e. The Bertz CT molecular complexity index is 779. The molecule has 2 aromatic heterocycles. The van der Waals surface area contributed by atoms with Crippen LogP contribution in [-0.2, 0) is 6.42 Å². The van der Waals surface area contributed by atoms with Crippen molar-refractivity contribution >= 4 is 27.4 Å². The number of aryl methyl sites for hydroxylation is 1. The van der Waals surface area contributed by atoms with Gasteiger partial charge in [-0.25, -0.2) is 9.97 Å². The van der Waals surface area contributed by atoms with E-state index in [2.05, 4.69) is 14.9 Å². The van der Waals surface area contributed by atoms with Gasteiger partial charge in [-0.3, -0.25) is 0 Å². The number of anilines is 1. The second-order valence-corrected chi connectivity index (χ2v) is 8.29. The van der Waals surface area contributed by atoms with Crippen LogP contribution in [0.15, 0.2) is 6.07 Å². The minimum absolute atomic E-state index is 0.273. The highest BCUT2D eigenvalue weighted by molar-refractivity contribution is 7.18. The summed E-state index contributed by atoms with van der Waals surface area (Å²) < 4.78 is 38.0. The van der Waals surface area contributed by atoms with Gasteiger partial charge in [-0.15, -0.1) is 11.3 Å². The van der Waals surface area contributed by atoms with E-state index in [0.717, 1.165) is 54.9 Å². The molecule has 0 radical (unpaired) electrons. The predicted octanol–water partition coefficient (Wildman–Crippen LogP) is 3.42. The normalized spacial score (nSPS) is 23.2. The molecule has 24 heavy (non-hydrogen) atoms. The lowest BCUT2D eigenvalue weighted by Crippen LogP contribution is -2.56. The van der Waals surface area contributed by atoms with Crippen LogP contribution in [0.5, 0.6) is 0 Å². The summed E-state index contributed by atoms with van der Waals surface area (Å²) in [5, 5.41) is 0.738. The Balaban J connectivity index is 1.63. The Morgan fingerprint density at radius 3 is 2.75 bits per heavy atom. The number of thiophene rings is 1. The summed E-state index contributed by atoms with van der Waals surface area (Å²) >= 11 is 1.11. The summed E-state index contributed by atoms with van der Waals surface area (Å²) in [6.45, 7) is 3.56. The lowest BCUT2D eigenvalue weighted by atomic mass is 9.78. The number of aromatic nitrogens is 2. The lowest BCUT2D eigenvalue weighted by molar-refractivity contribution is -0.126. The molecule has 1 saturated heterocycles. The van der Waals surface area contributed by atoms with Crippen molar-refractivity contribution < 1.29 is 13.2 Å².